The largest absolute Gasteiger partial charge is 0.349 e. The van der Waals surface area contributed by atoms with Crippen molar-refractivity contribution in [3.8, 4) is 0 Å². The van der Waals surface area contributed by atoms with Gasteiger partial charge in [0.25, 0.3) is 0 Å². The molecule has 0 fully saturated rings. The molecule has 0 aliphatic carbocycles. The van der Waals surface area contributed by atoms with Gasteiger partial charge in [0.2, 0.25) is 5.95 Å². The Labute approximate surface area is 148 Å². The highest BCUT2D eigenvalue weighted by Crippen LogP contribution is 2.25. The number of benzene rings is 1. The third kappa shape index (κ3) is 4.32. The fraction of sp³-hybridized carbons (Fsp3) is 0.250. The first kappa shape index (κ1) is 16.9. The molecule has 0 bridgehead atoms. The van der Waals surface area contributed by atoms with E-state index >= 15 is 0 Å². The number of para-hydroxylation sites is 1. The maximum absolute atomic E-state index is 4.57. The minimum Gasteiger partial charge on any atom is -0.349 e. The van der Waals surface area contributed by atoms with Crippen molar-refractivity contribution in [1.29, 1.82) is 0 Å². The van der Waals surface area contributed by atoms with Crippen LogP contribution in [0.15, 0.2) is 54.9 Å². The van der Waals surface area contributed by atoms with E-state index < -0.39 is 0 Å². The third-order valence-electron chi connectivity index (χ3n) is 4.06. The van der Waals surface area contributed by atoms with Gasteiger partial charge < -0.3 is 10.6 Å². The molecular formula is C20H23N5. The van der Waals surface area contributed by atoms with Crippen molar-refractivity contribution in [3.63, 3.8) is 0 Å². The highest BCUT2D eigenvalue weighted by Gasteiger charge is 2.08. The maximum Gasteiger partial charge on any atom is 0.224 e. The van der Waals surface area contributed by atoms with Gasteiger partial charge in [-0.2, -0.15) is 4.98 Å². The molecule has 5 heteroatoms. The van der Waals surface area contributed by atoms with Gasteiger partial charge in [0, 0.05) is 18.1 Å². The Morgan fingerprint density at radius 1 is 0.840 bits per heavy atom. The van der Waals surface area contributed by atoms with Crippen LogP contribution in [-0.2, 0) is 19.4 Å². The lowest BCUT2D eigenvalue weighted by Gasteiger charge is -2.15. The Bertz CT molecular complexity index is 795. The van der Waals surface area contributed by atoms with E-state index in [4.69, 9.17) is 0 Å². The average Bonchev–Trinajstić information content (AvgIpc) is 2.67. The number of hydrogen-bond donors (Lipinski definition) is 2. The topological polar surface area (TPSA) is 62.7 Å². The molecule has 2 heterocycles. The van der Waals surface area contributed by atoms with Gasteiger partial charge in [-0.15, -0.1) is 0 Å². The number of aromatic nitrogens is 3. The van der Waals surface area contributed by atoms with E-state index in [1.54, 1.807) is 12.4 Å². The van der Waals surface area contributed by atoms with Crippen LogP contribution in [0.1, 0.15) is 30.7 Å². The summed E-state index contributed by atoms with van der Waals surface area (Å²) in [6.07, 6.45) is 5.50. The van der Waals surface area contributed by atoms with E-state index in [0.717, 1.165) is 30.0 Å². The molecule has 25 heavy (non-hydrogen) atoms. The summed E-state index contributed by atoms with van der Waals surface area (Å²) in [4.78, 5) is 13.2. The van der Waals surface area contributed by atoms with E-state index in [2.05, 4.69) is 57.6 Å². The van der Waals surface area contributed by atoms with Gasteiger partial charge in [0.1, 0.15) is 5.82 Å². The molecule has 0 saturated heterocycles. The second-order valence-corrected chi connectivity index (χ2v) is 5.72. The van der Waals surface area contributed by atoms with Crippen LogP contribution in [0.25, 0.3) is 0 Å². The first-order valence-corrected chi connectivity index (χ1v) is 8.64. The lowest BCUT2D eigenvalue weighted by atomic mass is 10.0. The second kappa shape index (κ2) is 8.24. The maximum atomic E-state index is 4.57. The highest BCUT2D eigenvalue weighted by molar-refractivity contribution is 5.65. The predicted molar refractivity (Wildman–Crippen MR) is 102 cm³/mol. The van der Waals surface area contributed by atoms with Crippen molar-refractivity contribution in [3.05, 3.63) is 71.7 Å². The lowest BCUT2D eigenvalue weighted by Crippen LogP contribution is -2.07. The number of aryl methyl sites for hydroxylation is 2. The summed E-state index contributed by atoms with van der Waals surface area (Å²) in [5.74, 6) is 1.37. The summed E-state index contributed by atoms with van der Waals surface area (Å²) in [5, 5.41) is 6.69. The summed E-state index contributed by atoms with van der Waals surface area (Å²) in [6.45, 7) is 4.93. The minimum absolute atomic E-state index is 0.586. The van der Waals surface area contributed by atoms with Crippen LogP contribution in [0.4, 0.5) is 17.5 Å². The van der Waals surface area contributed by atoms with Gasteiger partial charge in [-0.1, -0.05) is 38.1 Å². The van der Waals surface area contributed by atoms with E-state index in [1.807, 2.05) is 24.3 Å². The van der Waals surface area contributed by atoms with E-state index in [9.17, 15) is 0 Å². The van der Waals surface area contributed by atoms with Crippen LogP contribution in [-0.4, -0.2) is 15.0 Å². The second-order valence-electron chi connectivity index (χ2n) is 5.72. The van der Waals surface area contributed by atoms with Crippen LogP contribution in [0.2, 0.25) is 0 Å². The van der Waals surface area contributed by atoms with Crippen LogP contribution >= 0.6 is 0 Å². The van der Waals surface area contributed by atoms with Crippen LogP contribution < -0.4 is 10.6 Å². The Morgan fingerprint density at radius 2 is 1.64 bits per heavy atom. The molecule has 0 saturated carbocycles. The monoisotopic (exact) mass is 333 g/mol. The zero-order chi connectivity index (χ0) is 17.5. The first-order valence-electron chi connectivity index (χ1n) is 8.64. The molecule has 0 aliphatic rings. The molecule has 0 aliphatic heterocycles. The van der Waals surface area contributed by atoms with Crippen molar-refractivity contribution in [2.24, 2.45) is 0 Å². The van der Waals surface area contributed by atoms with Gasteiger partial charge in [0.15, 0.2) is 0 Å². The standard InChI is InChI=1S/C20H23N5/c1-3-15-8-7-9-16(4-2)19(15)24-18-11-13-22-20(25-18)23-14-17-10-5-6-12-21-17/h5-13H,3-4,14H2,1-2H3,(H2,22,23,24,25). The summed E-state index contributed by atoms with van der Waals surface area (Å²) in [7, 11) is 0. The number of pyridine rings is 1. The van der Waals surface area contributed by atoms with Crippen molar-refractivity contribution >= 4 is 17.5 Å². The highest BCUT2D eigenvalue weighted by atomic mass is 15.1. The number of nitrogens with zero attached hydrogens (tertiary/aromatic N) is 3. The quantitative estimate of drug-likeness (QED) is 0.673. The fourth-order valence-corrected chi connectivity index (χ4v) is 2.72. The van der Waals surface area contributed by atoms with Crippen molar-refractivity contribution in [1.82, 2.24) is 15.0 Å². The molecule has 5 nitrogen and oxygen atoms in total. The number of anilines is 3. The Kier molecular flexibility index (Phi) is 5.57. The zero-order valence-electron chi connectivity index (χ0n) is 14.7. The van der Waals surface area contributed by atoms with E-state index in [0.29, 0.717) is 12.5 Å². The summed E-state index contributed by atoms with van der Waals surface area (Å²) in [5.41, 5.74) is 4.69. The smallest absolute Gasteiger partial charge is 0.224 e. The molecule has 128 valence electrons. The molecule has 1 aromatic carbocycles. The summed E-state index contributed by atoms with van der Waals surface area (Å²) >= 11 is 0. The molecule has 0 amide bonds. The lowest BCUT2D eigenvalue weighted by molar-refractivity contribution is 1.00. The van der Waals surface area contributed by atoms with Crippen LogP contribution in [0.5, 0.6) is 0 Å². The molecule has 0 unspecified atom stereocenters. The number of nitrogens with one attached hydrogen (secondary N) is 2. The molecule has 0 spiro atoms. The molecule has 3 aromatic rings. The van der Waals surface area contributed by atoms with Gasteiger partial charge >= 0.3 is 0 Å². The number of rotatable bonds is 7. The predicted octanol–water partition coefficient (Wildman–Crippen LogP) is 4.35. The minimum atomic E-state index is 0.586. The normalized spacial score (nSPS) is 10.5. The molecule has 0 atom stereocenters. The van der Waals surface area contributed by atoms with E-state index in [-0.39, 0.29) is 0 Å². The third-order valence-corrected chi connectivity index (χ3v) is 4.06. The van der Waals surface area contributed by atoms with Gasteiger partial charge in [-0.3, -0.25) is 4.98 Å². The van der Waals surface area contributed by atoms with Crippen molar-refractivity contribution in [2.45, 2.75) is 33.2 Å². The Hall–Kier alpha value is -2.95. The van der Waals surface area contributed by atoms with Gasteiger partial charge in [-0.25, -0.2) is 4.98 Å². The molecule has 0 radical (unpaired) electrons. The molecule has 3 rings (SSSR count). The van der Waals surface area contributed by atoms with Crippen LogP contribution in [0.3, 0.4) is 0 Å². The van der Waals surface area contributed by atoms with Crippen LogP contribution in [0, 0.1) is 0 Å². The summed E-state index contributed by atoms with van der Waals surface area (Å²) < 4.78 is 0. The Balaban J connectivity index is 1.76. The average molecular weight is 333 g/mol. The van der Waals surface area contributed by atoms with Crippen molar-refractivity contribution in [2.75, 3.05) is 10.6 Å². The fourth-order valence-electron chi connectivity index (χ4n) is 2.72. The van der Waals surface area contributed by atoms with Gasteiger partial charge in [0.05, 0.1) is 12.2 Å². The van der Waals surface area contributed by atoms with Crippen molar-refractivity contribution < 1.29 is 0 Å². The van der Waals surface area contributed by atoms with Gasteiger partial charge in [-0.05, 0) is 42.2 Å². The molecule has 2 aromatic heterocycles. The SMILES string of the molecule is CCc1cccc(CC)c1Nc1ccnc(NCc2ccccn2)n1. The molecular weight excluding hydrogens is 310 g/mol. The Morgan fingerprint density at radius 3 is 2.32 bits per heavy atom. The first-order chi connectivity index (χ1) is 12.3. The zero-order valence-corrected chi connectivity index (χ0v) is 14.7. The van der Waals surface area contributed by atoms with E-state index in [1.165, 1.54) is 11.1 Å². The number of hydrogen-bond acceptors (Lipinski definition) is 5. The molecule has 2 N–H and O–H groups in total. The summed E-state index contributed by atoms with van der Waals surface area (Å²) in [6, 6.07) is 14.2.